The zero-order chi connectivity index (χ0) is 13.5. The van der Waals surface area contributed by atoms with Crippen molar-refractivity contribution >= 4 is 0 Å². The van der Waals surface area contributed by atoms with Gasteiger partial charge in [0.2, 0.25) is 0 Å². The third-order valence-corrected chi connectivity index (χ3v) is 4.50. The first-order chi connectivity index (χ1) is 9.25. The van der Waals surface area contributed by atoms with Crippen molar-refractivity contribution in [2.45, 2.75) is 64.5 Å². The van der Waals surface area contributed by atoms with Crippen molar-refractivity contribution < 1.29 is 4.74 Å². The lowest BCUT2D eigenvalue weighted by molar-refractivity contribution is 0.0386. The van der Waals surface area contributed by atoms with Gasteiger partial charge >= 0.3 is 0 Å². The third-order valence-electron chi connectivity index (χ3n) is 4.50. The van der Waals surface area contributed by atoms with Crippen LogP contribution in [0.5, 0.6) is 0 Å². The Balaban J connectivity index is 1.72. The molecule has 2 aliphatic rings. The number of ether oxygens (including phenoxy) is 1. The minimum absolute atomic E-state index is 0.367. The average molecular weight is 268 g/mol. The second kappa shape index (κ2) is 8.23. The van der Waals surface area contributed by atoms with E-state index >= 15 is 0 Å². The van der Waals surface area contributed by atoms with Crippen molar-refractivity contribution in [2.75, 3.05) is 39.3 Å². The molecule has 3 heteroatoms. The Bertz CT molecular complexity index is 237. The van der Waals surface area contributed by atoms with Crippen LogP contribution in [0, 0.1) is 0 Å². The first-order valence-corrected chi connectivity index (χ1v) is 8.33. The molecule has 19 heavy (non-hydrogen) atoms. The lowest BCUT2D eigenvalue weighted by atomic mass is 10.0. The fraction of sp³-hybridized carbons (Fsp3) is 1.00. The number of piperidine rings is 1. The molecule has 0 aromatic carbocycles. The molecule has 0 amide bonds. The van der Waals surface area contributed by atoms with E-state index in [4.69, 9.17) is 4.74 Å². The van der Waals surface area contributed by atoms with Crippen LogP contribution >= 0.6 is 0 Å². The van der Waals surface area contributed by atoms with Gasteiger partial charge in [-0.05, 0) is 59.2 Å². The molecular formula is C16H32N2O. The number of hydrogen-bond donors (Lipinski definition) is 0. The van der Waals surface area contributed by atoms with Crippen molar-refractivity contribution in [2.24, 2.45) is 0 Å². The van der Waals surface area contributed by atoms with Crippen molar-refractivity contribution in [1.29, 1.82) is 0 Å². The highest BCUT2D eigenvalue weighted by Gasteiger charge is 2.25. The lowest BCUT2D eigenvalue weighted by Gasteiger charge is -2.39. The van der Waals surface area contributed by atoms with Gasteiger partial charge in [0.1, 0.15) is 0 Å². The molecule has 0 saturated carbocycles. The number of likely N-dealkylation sites (tertiary alicyclic amines) is 2. The Hall–Kier alpha value is -0.120. The fourth-order valence-electron chi connectivity index (χ4n) is 3.41. The molecule has 0 N–H and O–H groups in total. The number of rotatable bonds is 5. The van der Waals surface area contributed by atoms with Gasteiger partial charge in [-0.3, -0.25) is 9.80 Å². The van der Waals surface area contributed by atoms with Crippen LogP contribution in [-0.2, 0) is 4.74 Å². The van der Waals surface area contributed by atoms with Gasteiger partial charge < -0.3 is 4.74 Å². The Morgan fingerprint density at radius 1 is 1.00 bits per heavy atom. The summed E-state index contributed by atoms with van der Waals surface area (Å²) in [6.07, 6.45) is 8.83. The standard InChI is InChI=1S/C16H32N2O/c1-15(2)19-13-12-17-9-7-8-16(14-17)18-10-5-3-4-6-11-18/h15-16H,3-14H2,1-2H3/t16-/m0/s1. The van der Waals surface area contributed by atoms with Gasteiger partial charge in [0, 0.05) is 19.1 Å². The second-order valence-electron chi connectivity index (χ2n) is 6.47. The molecular weight excluding hydrogens is 236 g/mol. The van der Waals surface area contributed by atoms with E-state index in [-0.39, 0.29) is 0 Å². The molecule has 0 radical (unpaired) electrons. The third kappa shape index (κ3) is 5.41. The van der Waals surface area contributed by atoms with Gasteiger partial charge in [-0.2, -0.15) is 0 Å². The van der Waals surface area contributed by atoms with Gasteiger partial charge in [-0.15, -0.1) is 0 Å². The van der Waals surface area contributed by atoms with E-state index in [1.807, 2.05) is 0 Å². The maximum atomic E-state index is 5.69. The highest BCUT2D eigenvalue weighted by Crippen LogP contribution is 2.19. The van der Waals surface area contributed by atoms with E-state index in [1.165, 1.54) is 64.7 Å². The highest BCUT2D eigenvalue weighted by atomic mass is 16.5. The summed E-state index contributed by atoms with van der Waals surface area (Å²) in [5.74, 6) is 0. The van der Waals surface area contributed by atoms with Gasteiger partial charge in [-0.1, -0.05) is 12.8 Å². The second-order valence-corrected chi connectivity index (χ2v) is 6.47. The molecule has 1 atom stereocenters. The van der Waals surface area contributed by atoms with E-state index in [9.17, 15) is 0 Å². The van der Waals surface area contributed by atoms with E-state index in [0.29, 0.717) is 6.10 Å². The van der Waals surface area contributed by atoms with E-state index in [1.54, 1.807) is 0 Å². The van der Waals surface area contributed by atoms with E-state index in [2.05, 4.69) is 23.6 Å². The predicted molar refractivity (Wildman–Crippen MR) is 80.6 cm³/mol. The van der Waals surface area contributed by atoms with Crippen molar-refractivity contribution in [3.63, 3.8) is 0 Å². The van der Waals surface area contributed by atoms with Crippen molar-refractivity contribution in [1.82, 2.24) is 9.80 Å². The van der Waals surface area contributed by atoms with Crippen molar-refractivity contribution in [3.8, 4) is 0 Å². The molecule has 2 heterocycles. The van der Waals surface area contributed by atoms with Gasteiger partial charge in [0.05, 0.1) is 12.7 Å². The molecule has 112 valence electrons. The van der Waals surface area contributed by atoms with Crippen LogP contribution in [0.15, 0.2) is 0 Å². The summed E-state index contributed by atoms with van der Waals surface area (Å²) in [6.45, 7) is 11.5. The van der Waals surface area contributed by atoms with Crippen LogP contribution in [0.2, 0.25) is 0 Å². The lowest BCUT2D eigenvalue weighted by Crippen LogP contribution is -2.49. The molecule has 2 aliphatic heterocycles. The van der Waals surface area contributed by atoms with Crippen LogP contribution in [0.25, 0.3) is 0 Å². The zero-order valence-corrected chi connectivity index (χ0v) is 12.9. The maximum Gasteiger partial charge on any atom is 0.0596 e. The fourth-order valence-corrected chi connectivity index (χ4v) is 3.41. The van der Waals surface area contributed by atoms with Crippen molar-refractivity contribution in [3.05, 3.63) is 0 Å². The minimum Gasteiger partial charge on any atom is -0.377 e. The summed E-state index contributed by atoms with van der Waals surface area (Å²) in [5, 5.41) is 0. The van der Waals surface area contributed by atoms with Crippen LogP contribution in [0.1, 0.15) is 52.4 Å². The molecule has 0 bridgehead atoms. The van der Waals surface area contributed by atoms with E-state index in [0.717, 1.165) is 19.2 Å². The van der Waals surface area contributed by atoms with Gasteiger partial charge in [-0.25, -0.2) is 0 Å². The average Bonchev–Trinajstić information content (AvgIpc) is 2.67. The maximum absolute atomic E-state index is 5.69. The molecule has 0 aliphatic carbocycles. The highest BCUT2D eigenvalue weighted by molar-refractivity contribution is 4.81. The Morgan fingerprint density at radius 3 is 2.42 bits per heavy atom. The minimum atomic E-state index is 0.367. The van der Waals surface area contributed by atoms with Crippen LogP contribution in [-0.4, -0.2) is 61.3 Å². The summed E-state index contributed by atoms with van der Waals surface area (Å²) in [7, 11) is 0. The first-order valence-electron chi connectivity index (χ1n) is 8.33. The van der Waals surface area contributed by atoms with Crippen LogP contribution < -0.4 is 0 Å². The predicted octanol–water partition coefficient (Wildman–Crippen LogP) is 2.75. The van der Waals surface area contributed by atoms with E-state index < -0.39 is 0 Å². The molecule has 3 nitrogen and oxygen atoms in total. The molecule has 0 spiro atoms. The molecule has 2 saturated heterocycles. The Kier molecular flexibility index (Phi) is 6.62. The van der Waals surface area contributed by atoms with Crippen LogP contribution in [0.3, 0.4) is 0 Å². The normalized spacial score (nSPS) is 27.6. The SMILES string of the molecule is CC(C)OCCN1CCC[C@H](N2CCCCCC2)C1. The first kappa shape index (κ1) is 15.3. The largest absolute Gasteiger partial charge is 0.377 e. The quantitative estimate of drug-likeness (QED) is 0.762. The summed E-state index contributed by atoms with van der Waals surface area (Å²) in [4.78, 5) is 5.38. The Morgan fingerprint density at radius 2 is 1.74 bits per heavy atom. The molecule has 0 aromatic rings. The zero-order valence-electron chi connectivity index (χ0n) is 12.9. The summed E-state index contributed by atoms with van der Waals surface area (Å²) >= 11 is 0. The number of hydrogen-bond acceptors (Lipinski definition) is 3. The summed E-state index contributed by atoms with van der Waals surface area (Å²) < 4.78 is 5.69. The van der Waals surface area contributed by atoms with Crippen LogP contribution in [0.4, 0.5) is 0 Å². The molecule has 2 fully saturated rings. The van der Waals surface area contributed by atoms with Gasteiger partial charge in [0.15, 0.2) is 0 Å². The van der Waals surface area contributed by atoms with Gasteiger partial charge in [0.25, 0.3) is 0 Å². The molecule has 0 aromatic heterocycles. The topological polar surface area (TPSA) is 15.7 Å². The monoisotopic (exact) mass is 268 g/mol. The molecule has 2 rings (SSSR count). The summed E-state index contributed by atoms with van der Waals surface area (Å²) in [6, 6.07) is 0.811. The smallest absolute Gasteiger partial charge is 0.0596 e. The molecule has 0 unspecified atom stereocenters. The number of nitrogens with zero attached hydrogens (tertiary/aromatic N) is 2. The summed E-state index contributed by atoms with van der Waals surface area (Å²) in [5.41, 5.74) is 0. The Labute approximate surface area is 119 Å².